The third kappa shape index (κ3) is 7.31. The first kappa shape index (κ1) is 23.1. The molecular weight excluding hydrogens is 430 g/mol. The Hall–Kier alpha value is -3.53. The Bertz CT molecular complexity index is 1200. The summed E-state index contributed by atoms with van der Waals surface area (Å²) in [5.41, 5.74) is 2.54. The zero-order valence-corrected chi connectivity index (χ0v) is 18.5. The largest absolute Gasteiger partial charge is 0.369 e. The van der Waals surface area contributed by atoms with Gasteiger partial charge in [-0.25, -0.2) is 18.4 Å². The topological polar surface area (TPSA) is 130 Å². The number of benzene rings is 2. The molecule has 0 aliphatic rings. The zero-order chi connectivity index (χ0) is 23.0. The Kier molecular flexibility index (Phi) is 7.72. The molecule has 0 saturated heterocycles. The van der Waals surface area contributed by atoms with E-state index in [0.717, 1.165) is 23.6 Å². The van der Waals surface area contributed by atoms with Crippen molar-refractivity contribution >= 4 is 44.1 Å². The molecule has 3 rings (SSSR count). The molecule has 0 bridgehead atoms. The lowest BCUT2D eigenvalue weighted by molar-refractivity contribution is -0.119. The second-order valence-corrected chi connectivity index (χ2v) is 9.47. The van der Waals surface area contributed by atoms with Gasteiger partial charge < -0.3 is 16.0 Å². The Morgan fingerprint density at radius 1 is 0.969 bits per heavy atom. The summed E-state index contributed by atoms with van der Waals surface area (Å²) in [7, 11) is -3.40. The van der Waals surface area contributed by atoms with Gasteiger partial charge in [-0.2, -0.15) is 0 Å². The van der Waals surface area contributed by atoms with E-state index in [-0.39, 0.29) is 18.9 Å². The van der Waals surface area contributed by atoms with Crippen LogP contribution >= 0.6 is 0 Å². The number of nitrogens with zero attached hydrogens (tertiary/aromatic N) is 2. The third-order valence-electron chi connectivity index (χ3n) is 4.54. The fourth-order valence-corrected chi connectivity index (χ4v) is 3.65. The van der Waals surface area contributed by atoms with E-state index in [4.69, 9.17) is 0 Å². The summed E-state index contributed by atoms with van der Waals surface area (Å²) in [6, 6.07) is 15.4. The van der Waals surface area contributed by atoms with E-state index in [2.05, 4.69) is 38.1 Å². The van der Waals surface area contributed by atoms with Crippen molar-refractivity contribution in [3.63, 3.8) is 0 Å². The first-order chi connectivity index (χ1) is 15.3. The van der Waals surface area contributed by atoms with Gasteiger partial charge in [0, 0.05) is 36.8 Å². The fraction of sp³-hybridized carbons (Fsp3) is 0.273. The maximum Gasteiger partial charge on any atom is 0.235 e. The lowest BCUT2D eigenvalue weighted by Gasteiger charge is -2.11. The van der Waals surface area contributed by atoms with Gasteiger partial charge >= 0.3 is 0 Å². The van der Waals surface area contributed by atoms with Gasteiger partial charge in [0.1, 0.15) is 17.9 Å². The SMILES string of the molecule is CS(=O)(=O)CC(=O)NCCC(=O)Nc1ccc2ncnc(NCCc3ccccc3)c2c1. The van der Waals surface area contributed by atoms with Gasteiger partial charge in [-0.3, -0.25) is 9.59 Å². The minimum absolute atomic E-state index is 0.0149. The minimum Gasteiger partial charge on any atom is -0.369 e. The van der Waals surface area contributed by atoms with Gasteiger partial charge in [0.25, 0.3) is 0 Å². The first-order valence-corrected chi connectivity index (χ1v) is 12.1. The van der Waals surface area contributed by atoms with Crippen molar-refractivity contribution in [2.45, 2.75) is 12.8 Å². The Morgan fingerprint density at radius 2 is 1.75 bits per heavy atom. The lowest BCUT2D eigenvalue weighted by atomic mass is 10.1. The van der Waals surface area contributed by atoms with Crippen LogP contribution in [0.2, 0.25) is 0 Å². The molecule has 1 heterocycles. The van der Waals surface area contributed by atoms with Crippen molar-refractivity contribution in [2.75, 3.05) is 35.7 Å². The number of anilines is 2. The Balaban J connectivity index is 1.57. The highest BCUT2D eigenvalue weighted by molar-refractivity contribution is 7.91. The van der Waals surface area contributed by atoms with Crippen LogP contribution in [0.5, 0.6) is 0 Å². The average Bonchev–Trinajstić information content (AvgIpc) is 2.73. The van der Waals surface area contributed by atoms with E-state index in [1.54, 1.807) is 18.2 Å². The first-order valence-electron chi connectivity index (χ1n) is 10.1. The van der Waals surface area contributed by atoms with Gasteiger partial charge in [0.2, 0.25) is 11.8 Å². The highest BCUT2D eigenvalue weighted by Gasteiger charge is 2.11. The summed E-state index contributed by atoms with van der Waals surface area (Å²) < 4.78 is 22.2. The zero-order valence-electron chi connectivity index (χ0n) is 17.7. The molecule has 2 amide bonds. The van der Waals surface area contributed by atoms with Crippen molar-refractivity contribution in [3.05, 3.63) is 60.4 Å². The molecule has 9 nitrogen and oxygen atoms in total. The van der Waals surface area contributed by atoms with E-state index in [1.165, 1.54) is 11.9 Å². The lowest BCUT2D eigenvalue weighted by Crippen LogP contribution is -2.32. The van der Waals surface area contributed by atoms with Crippen molar-refractivity contribution < 1.29 is 18.0 Å². The number of nitrogens with one attached hydrogen (secondary N) is 3. The summed E-state index contributed by atoms with van der Waals surface area (Å²) in [6.45, 7) is 0.739. The molecule has 32 heavy (non-hydrogen) atoms. The minimum atomic E-state index is -3.40. The van der Waals surface area contributed by atoms with Crippen LogP contribution in [0, 0.1) is 0 Å². The van der Waals surface area contributed by atoms with Gasteiger partial charge in [0.15, 0.2) is 9.84 Å². The van der Waals surface area contributed by atoms with Gasteiger partial charge in [-0.15, -0.1) is 0 Å². The van der Waals surface area contributed by atoms with Gasteiger partial charge in [-0.1, -0.05) is 30.3 Å². The number of amides is 2. The van der Waals surface area contributed by atoms with E-state index in [0.29, 0.717) is 18.1 Å². The van der Waals surface area contributed by atoms with Crippen LogP contribution in [0.15, 0.2) is 54.9 Å². The predicted molar refractivity (Wildman–Crippen MR) is 124 cm³/mol. The van der Waals surface area contributed by atoms with Crippen LogP contribution in [0.4, 0.5) is 11.5 Å². The number of rotatable bonds is 10. The van der Waals surface area contributed by atoms with Crippen molar-refractivity contribution in [1.29, 1.82) is 0 Å². The average molecular weight is 456 g/mol. The monoisotopic (exact) mass is 455 g/mol. The maximum absolute atomic E-state index is 12.2. The Morgan fingerprint density at radius 3 is 2.50 bits per heavy atom. The molecule has 0 spiro atoms. The number of aromatic nitrogens is 2. The van der Waals surface area contributed by atoms with Crippen LogP contribution in [-0.4, -0.2) is 55.3 Å². The molecule has 0 aliphatic carbocycles. The smallest absolute Gasteiger partial charge is 0.235 e. The quantitative estimate of drug-likeness (QED) is 0.425. The second-order valence-electron chi connectivity index (χ2n) is 7.33. The number of hydrogen-bond donors (Lipinski definition) is 3. The molecule has 0 atom stereocenters. The molecule has 0 unspecified atom stereocenters. The van der Waals surface area contributed by atoms with Crippen LogP contribution in [0.3, 0.4) is 0 Å². The van der Waals surface area contributed by atoms with E-state index >= 15 is 0 Å². The van der Waals surface area contributed by atoms with E-state index < -0.39 is 21.5 Å². The summed E-state index contributed by atoms with van der Waals surface area (Å²) in [6.07, 6.45) is 3.33. The van der Waals surface area contributed by atoms with E-state index in [9.17, 15) is 18.0 Å². The van der Waals surface area contributed by atoms with Crippen molar-refractivity contribution in [3.8, 4) is 0 Å². The van der Waals surface area contributed by atoms with Crippen molar-refractivity contribution in [2.24, 2.45) is 0 Å². The van der Waals surface area contributed by atoms with Gasteiger partial charge in [0.05, 0.1) is 5.52 Å². The molecule has 10 heteroatoms. The number of fused-ring (bicyclic) bond motifs is 1. The van der Waals surface area contributed by atoms with Crippen LogP contribution in [0.1, 0.15) is 12.0 Å². The van der Waals surface area contributed by atoms with Crippen LogP contribution in [0.25, 0.3) is 10.9 Å². The van der Waals surface area contributed by atoms with E-state index in [1.807, 2.05) is 18.2 Å². The maximum atomic E-state index is 12.2. The standard InChI is InChI=1S/C22H25N5O4S/c1-32(30,31)14-21(29)23-12-10-20(28)27-17-7-8-19-18(13-17)22(26-15-25-19)24-11-9-16-5-3-2-4-6-16/h2-8,13,15H,9-12,14H2,1H3,(H,23,29)(H,27,28)(H,24,25,26). The molecule has 0 aliphatic heterocycles. The molecule has 2 aromatic carbocycles. The molecule has 1 aromatic heterocycles. The summed E-state index contributed by atoms with van der Waals surface area (Å²) in [4.78, 5) is 32.3. The number of carbonyl (C=O) groups is 2. The number of hydrogen-bond acceptors (Lipinski definition) is 7. The second kappa shape index (κ2) is 10.7. The molecule has 3 N–H and O–H groups in total. The normalized spacial score (nSPS) is 11.2. The predicted octanol–water partition coefficient (Wildman–Crippen LogP) is 1.77. The number of carbonyl (C=O) groups excluding carboxylic acids is 2. The van der Waals surface area contributed by atoms with Crippen LogP contribution in [-0.2, 0) is 25.8 Å². The Labute approximate surface area is 186 Å². The summed E-state index contributed by atoms with van der Waals surface area (Å²) in [5.74, 6) is -0.858. The van der Waals surface area contributed by atoms with Crippen LogP contribution < -0.4 is 16.0 Å². The molecule has 168 valence electrons. The fourth-order valence-electron chi connectivity index (χ4n) is 3.07. The summed E-state index contributed by atoms with van der Waals surface area (Å²) >= 11 is 0. The van der Waals surface area contributed by atoms with Gasteiger partial charge in [-0.05, 0) is 30.2 Å². The summed E-state index contributed by atoms with van der Waals surface area (Å²) in [5, 5.41) is 9.29. The van der Waals surface area contributed by atoms with Crippen molar-refractivity contribution in [1.82, 2.24) is 15.3 Å². The molecule has 0 saturated carbocycles. The molecule has 3 aromatic rings. The third-order valence-corrected chi connectivity index (χ3v) is 5.32. The highest BCUT2D eigenvalue weighted by Crippen LogP contribution is 2.23. The molecular formula is C22H25N5O4S. The number of sulfone groups is 1. The highest BCUT2D eigenvalue weighted by atomic mass is 32.2. The molecule has 0 radical (unpaired) electrons. The molecule has 0 fully saturated rings.